The van der Waals surface area contributed by atoms with Gasteiger partial charge in [0.1, 0.15) is 0 Å². The van der Waals surface area contributed by atoms with Gasteiger partial charge in [-0.25, -0.2) is 0 Å². The lowest BCUT2D eigenvalue weighted by Gasteiger charge is -2.25. The Kier molecular flexibility index (Phi) is 5.63. The zero-order valence-corrected chi connectivity index (χ0v) is 11.8. The van der Waals surface area contributed by atoms with Crippen molar-refractivity contribution in [3.63, 3.8) is 0 Å². The molecule has 0 aliphatic rings. The lowest BCUT2D eigenvalue weighted by molar-refractivity contribution is 0.275. The minimum Gasteiger partial charge on any atom is -0.312 e. The SMILES string of the molecule is Cc1ccncc1CNCC(C(C)C)C(C)C. The van der Waals surface area contributed by atoms with Crippen molar-refractivity contribution < 1.29 is 0 Å². The molecule has 2 heteroatoms. The molecule has 0 aliphatic heterocycles. The zero-order chi connectivity index (χ0) is 12.8. The second-order valence-corrected chi connectivity index (χ2v) is 5.58. The van der Waals surface area contributed by atoms with Gasteiger partial charge in [-0.15, -0.1) is 0 Å². The van der Waals surface area contributed by atoms with Crippen molar-refractivity contribution in [2.75, 3.05) is 6.54 Å². The summed E-state index contributed by atoms with van der Waals surface area (Å²) < 4.78 is 0. The van der Waals surface area contributed by atoms with Crippen molar-refractivity contribution >= 4 is 0 Å². The van der Waals surface area contributed by atoms with Gasteiger partial charge in [-0.2, -0.15) is 0 Å². The Morgan fingerprint density at radius 2 is 1.82 bits per heavy atom. The van der Waals surface area contributed by atoms with Crippen LogP contribution >= 0.6 is 0 Å². The summed E-state index contributed by atoms with van der Waals surface area (Å²) in [5.74, 6) is 2.21. The molecule has 1 rings (SSSR count). The van der Waals surface area contributed by atoms with Crippen molar-refractivity contribution in [1.82, 2.24) is 10.3 Å². The summed E-state index contributed by atoms with van der Waals surface area (Å²) in [7, 11) is 0. The van der Waals surface area contributed by atoms with E-state index < -0.39 is 0 Å². The number of nitrogens with zero attached hydrogens (tertiary/aromatic N) is 1. The molecule has 1 heterocycles. The van der Waals surface area contributed by atoms with E-state index in [0.717, 1.165) is 30.8 Å². The number of hydrogen-bond donors (Lipinski definition) is 1. The lowest BCUT2D eigenvalue weighted by atomic mass is 9.85. The quantitative estimate of drug-likeness (QED) is 0.816. The van der Waals surface area contributed by atoms with E-state index in [1.165, 1.54) is 11.1 Å². The molecule has 0 fully saturated rings. The summed E-state index contributed by atoms with van der Waals surface area (Å²) in [6, 6.07) is 2.07. The maximum absolute atomic E-state index is 4.17. The number of rotatable bonds is 6. The third-order valence-corrected chi connectivity index (χ3v) is 3.56. The first-order valence-corrected chi connectivity index (χ1v) is 6.62. The Morgan fingerprint density at radius 1 is 1.18 bits per heavy atom. The van der Waals surface area contributed by atoms with Gasteiger partial charge in [0, 0.05) is 18.9 Å². The molecule has 0 unspecified atom stereocenters. The highest BCUT2D eigenvalue weighted by Gasteiger charge is 2.16. The van der Waals surface area contributed by atoms with Crippen LogP contribution in [0.1, 0.15) is 38.8 Å². The Bertz CT molecular complexity index is 323. The fourth-order valence-corrected chi connectivity index (χ4v) is 2.30. The second-order valence-electron chi connectivity index (χ2n) is 5.58. The number of hydrogen-bond acceptors (Lipinski definition) is 2. The molecular formula is C15H26N2. The van der Waals surface area contributed by atoms with Crippen LogP contribution in [0.5, 0.6) is 0 Å². The Morgan fingerprint density at radius 3 is 2.35 bits per heavy atom. The molecule has 96 valence electrons. The number of nitrogens with one attached hydrogen (secondary N) is 1. The van der Waals surface area contributed by atoms with Gasteiger partial charge in [0.15, 0.2) is 0 Å². The van der Waals surface area contributed by atoms with Crippen LogP contribution in [0.2, 0.25) is 0 Å². The molecule has 1 aromatic heterocycles. The summed E-state index contributed by atoms with van der Waals surface area (Å²) in [6.45, 7) is 13.4. The van der Waals surface area contributed by atoms with Crippen molar-refractivity contribution in [3.05, 3.63) is 29.6 Å². The highest BCUT2D eigenvalue weighted by Crippen LogP contribution is 2.19. The fourth-order valence-electron chi connectivity index (χ4n) is 2.30. The van der Waals surface area contributed by atoms with Gasteiger partial charge in [0.05, 0.1) is 0 Å². The maximum Gasteiger partial charge on any atom is 0.0315 e. The first kappa shape index (κ1) is 14.2. The Labute approximate surface area is 106 Å². The molecule has 0 saturated heterocycles. The smallest absolute Gasteiger partial charge is 0.0315 e. The molecule has 0 spiro atoms. The van der Waals surface area contributed by atoms with Crippen LogP contribution in [-0.4, -0.2) is 11.5 Å². The van der Waals surface area contributed by atoms with Gasteiger partial charge in [-0.1, -0.05) is 27.7 Å². The third-order valence-electron chi connectivity index (χ3n) is 3.56. The minimum atomic E-state index is 0.734. The van der Waals surface area contributed by atoms with E-state index in [2.05, 4.69) is 51.0 Å². The largest absolute Gasteiger partial charge is 0.312 e. The number of aryl methyl sites for hydroxylation is 1. The molecule has 0 aromatic carbocycles. The maximum atomic E-state index is 4.17. The highest BCUT2D eigenvalue weighted by atomic mass is 14.9. The Balaban J connectivity index is 2.44. The van der Waals surface area contributed by atoms with E-state index >= 15 is 0 Å². The average Bonchev–Trinajstić information content (AvgIpc) is 2.25. The molecule has 0 atom stereocenters. The molecule has 0 radical (unpaired) electrons. The fraction of sp³-hybridized carbons (Fsp3) is 0.667. The van der Waals surface area contributed by atoms with Crippen molar-refractivity contribution in [3.8, 4) is 0 Å². The predicted octanol–water partition coefficient (Wildman–Crippen LogP) is 3.41. The van der Waals surface area contributed by atoms with E-state index in [-0.39, 0.29) is 0 Å². The summed E-state index contributed by atoms with van der Waals surface area (Å²) in [6.07, 6.45) is 3.81. The molecule has 0 amide bonds. The molecule has 1 aromatic rings. The van der Waals surface area contributed by atoms with Gasteiger partial charge in [0.25, 0.3) is 0 Å². The van der Waals surface area contributed by atoms with E-state index in [1.54, 1.807) is 0 Å². The molecular weight excluding hydrogens is 208 g/mol. The second kappa shape index (κ2) is 6.75. The van der Waals surface area contributed by atoms with E-state index in [1.807, 2.05) is 12.4 Å². The van der Waals surface area contributed by atoms with Gasteiger partial charge < -0.3 is 5.32 Å². The van der Waals surface area contributed by atoms with E-state index in [0.29, 0.717) is 0 Å². The predicted molar refractivity (Wildman–Crippen MR) is 73.8 cm³/mol. The average molecular weight is 234 g/mol. The van der Waals surface area contributed by atoms with Crippen LogP contribution in [-0.2, 0) is 6.54 Å². The summed E-state index contributed by atoms with van der Waals surface area (Å²) in [5, 5.41) is 3.57. The molecule has 0 aliphatic carbocycles. The zero-order valence-electron chi connectivity index (χ0n) is 11.8. The van der Waals surface area contributed by atoms with Gasteiger partial charge in [-0.05, 0) is 48.4 Å². The van der Waals surface area contributed by atoms with Crippen molar-refractivity contribution in [1.29, 1.82) is 0 Å². The third kappa shape index (κ3) is 4.47. The molecule has 0 bridgehead atoms. The summed E-state index contributed by atoms with van der Waals surface area (Å²) in [4.78, 5) is 4.17. The van der Waals surface area contributed by atoms with Crippen LogP contribution in [0.4, 0.5) is 0 Å². The minimum absolute atomic E-state index is 0.734. The highest BCUT2D eigenvalue weighted by molar-refractivity contribution is 5.20. The van der Waals surface area contributed by atoms with Gasteiger partial charge in [-0.3, -0.25) is 4.98 Å². The number of aromatic nitrogens is 1. The standard InChI is InChI=1S/C15H26N2/c1-11(2)15(12(3)4)10-17-9-14-8-16-7-6-13(14)5/h6-8,11-12,15,17H,9-10H2,1-5H3. The Hall–Kier alpha value is -0.890. The summed E-state index contributed by atoms with van der Waals surface area (Å²) in [5.41, 5.74) is 2.62. The molecule has 2 nitrogen and oxygen atoms in total. The molecule has 1 N–H and O–H groups in total. The molecule has 17 heavy (non-hydrogen) atoms. The first-order chi connectivity index (χ1) is 8.02. The van der Waals surface area contributed by atoms with Crippen LogP contribution < -0.4 is 5.32 Å². The first-order valence-electron chi connectivity index (χ1n) is 6.62. The monoisotopic (exact) mass is 234 g/mol. The van der Waals surface area contributed by atoms with Gasteiger partial charge >= 0.3 is 0 Å². The summed E-state index contributed by atoms with van der Waals surface area (Å²) >= 11 is 0. The normalized spacial score (nSPS) is 11.8. The van der Waals surface area contributed by atoms with Crippen molar-refractivity contribution in [2.45, 2.75) is 41.2 Å². The van der Waals surface area contributed by atoms with Gasteiger partial charge in [0.2, 0.25) is 0 Å². The lowest BCUT2D eigenvalue weighted by Crippen LogP contribution is -2.29. The van der Waals surface area contributed by atoms with E-state index in [9.17, 15) is 0 Å². The van der Waals surface area contributed by atoms with Crippen molar-refractivity contribution in [2.24, 2.45) is 17.8 Å². The van der Waals surface area contributed by atoms with Crippen LogP contribution in [0.3, 0.4) is 0 Å². The van der Waals surface area contributed by atoms with E-state index in [4.69, 9.17) is 0 Å². The van der Waals surface area contributed by atoms with Crippen LogP contribution in [0, 0.1) is 24.7 Å². The number of pyridine rings is 1. The van der Waals surface area contributed by atoms with Crippen LogP contribution in [0.15, 0.2) is 18.5 Å². The topological polar surface area (TPSA) is 24.9 Å². The molecule has 0 saturated carbocycles. The van der Waals surface area contributed by atoms with Crippen LogP contribution in [0.25, 0.3) is 0 Å².